The summed E-state index contributed by atoms with van der Waals surface area (Å²) in [5.41, 5.74) is 1.08. The molecule has 2 aliphatic carbocycles. The van der Waals surface area contributed by atoms with Crippen LogP contribution in [-0.2, 0) is 35.0 Å². The summed E-state index contributed by atoms with van der Waals surface area (Å²) in [6.45, 7) is 0.991. The van der Waals surface area contributed by atoms with Crippen LogP contribution in [0.4, 0.5) is 0 Å². The Hall–Kier alpha value is -1.22. The molecule has 33 heavy (non-hydrogen) atoms. The van der Waals surface area contributed by atoms with Gasteiger partial charge in [-0.25, -0.2) is 0 Å². The highest BCUT2D eigenvalue weighted by Gasteiger charge is 2.61. The highest BCUT2D eigenvalue weighted by molar-refractivity contribution is 5.26. The molecule has 0 amide bonds. The number of rotatable bonds is 5. The van der Waals surface area contributed by atoms with Gasteiger partial charge in [-0.05, 0) is 43.4 Å². The second-order valence-corrected chi connectivity index (χ2v) is 10.2. The summed E-state index contributed by atoms with van der Waals surface area (Å²) in [6, 6.07) is 7.97. The van der Waals surface area contributed by atoms with Crippen molar-refractivity contribution in [3.8, 4) is 5.75 Å². The molecule has 1 aromatic rings. The van der Waals surface area contributed by atoms with Gasteiger partial charge in [-0.3, -0.25) is 0 Å². The fraction of sp³-hybridized carbons (Fsp3) is 0.769. The number of benzene rings is 1. The monoisotopic (exact) mass is 460 g/mol. The quantitative estimate of drug-likeness (QED) is 0.643. The van der Waals surface area contributed by atoms with Crippen LogP contribution in [0.25, 0.3) is 0 Å². The van der Waals surface area contributed by atoms with Crippen LogP contribution in [0.3, 0.4) is 0 Å². The minimum Gasteiger partial charge on any atom is -0.497 e. The summed E-state index contributed by atoms with van der Waals surface area (Å²) in [7, 11) is 1.67. The lowest BCUT2D eigenvalue weighted by molar-refractivity contribution is -0.263. The van der Waals surface area contributed by atoms with Crippen LogP contribution >= 0.6 is 0 Å². The molecule has 0 N–H and O–H groups in total. The van der Waals surface area contributed by atoms with Gasteiger partial charge in [-0.1, -0.05) is 25.0 Å². The van der Waals surface area contributed by atoms with E-state index in [1.54, 1.807) is 7.11 Å². The number of methoxy groups -OCH3 is 1. The Labute approximate surface area is 195 Å². The van der Waals surface area contributed by atoms with E-state index in [1.165, 1.54) is 12.8 Å². The third-order valence-corrected chi connectivity index (χ3v) is 7.96. The van der Waals surface area contributed by atoms with E-state index in [0.717, 1.165) is 62.7 Å². The van der Waals surface area contributed by atoms with Gasteiger partial charge in [0.15, 0.2) is 17.9 Å². The average molecular weight is 461 g/mol. The number of hydrogen-bond donors (Lipinski definition) is 0. The van der Waals surface area contributed by atoms with E-state index in [9.17, 15) is 0 Å². The molecule has 2 spiro atoms. The largest absolute Gasteiger partial charge is 0.497 e. The van der Waals surface area contributed by atoms with Crippen LogP contribution < -0.4 is 4.74 Å². The van der Waals surface area contributed by atoms with Crippen LogP contribution in [0.15, 0.2) is 24.3 Å². The van der Waals surface area contributed by atoms with E-state index < -0.39 is 17.9 Å². The van der Waals surface area contributed by atoms with E-state index in [1.807, 2.05) is 24.3 Å². The first kappa shape index (κ1) is 22.3. The maximum absolute atomic E-state index is 6.59. The summed E-state index contributed by atoms with van der Waals surface area (Å²) >= 11 is 0. The molecule has 5 aliphatic rings. The van der Waals surface area contributed by atoms with Gasteiger partial charge in [0.1, 0.15) is 30.2 Å². The van der Waals surface area contributed by atoms with Gasteiger partial charge in [0.2, 0.25) is 0 Å². The molecule has 3 heterocycles. The Balaban J connectivity index is 1.18. The summed E-state index contributed by atoms with van der Waals surface area (Å²) in [4.78, 5) is 0. The lowest BCUT2D eigenvalue weighted by Crippen LogP contribution is -2.45. The van der Waals surface area contributed by atoms with E-state index in [-0.39, 0.29) is 24.4 Å². The zero-order valence-electron chi connectivity index (χ0n) is 19.5. The van der Waals surface area contributed by atoms with Crippen molar-refractivity contribution >= 4 is 0 Å². The van der Waals surface area contributed by atoms with E-state index in [0.29, 0.717) is 13.2 Å². The molecular weight excluding hydrogens is 424 g/mol. The van der Waals surface area contributed by atoms with Crippen molar-refractivity contribution in [2.75, 3.05) is 13.7 Å². The van der Waals surface area contributed by atoms with Crippen LogP contribution in [-0.4, -0.2) is 56.0 Å². The normalized spacial score (nSPS) is 36.9. The lowest BCUT2D eigenvalue weighted by atomic mass is 9.94. The fourth-order valence-corrected chi connectivity index (χ4v) is 6.18. The van der Waals surface area contributed by atoms with Gasteiger partial charge in [0.05, 0.1) is 20.3 Å². The van der Waals surface area contributed by atoms with Crippen molar-refractivity contribution in [2.45, 2.75) is 113 Å². The topological polar surface area (TPSA) is 64.6 Å². The van der Waals surface area contributed by atoms with Crippen molar-refractivity contribution in [3.05, 3.63) is 29.8 Å². The molecule has 0 radical (unpaired) electrons. The highest BCUT2D eigenvalue weighted by Crippen LogP contribution is 2.48. The minimum absolute atomic E-state index is 0.177. The maximum atomic E-state index is 6.59. The van der Waals surface area contributed by atoms with Crippen LogP contribution in [0.2, 0.25) is 0 Å². The van der Waals surface area contributed by atoms with Gasteiger partial charge in [-0.2, -0.15) is 0 Å². The summed E-state index contributed by atoms with van der Waals surface area (Å²) < 4.78 is 44.0. The summed E-state index contributed by atoms with van der Waals surface area (Å²) in [6.07, 6.45) is 9.40. The molecule has 7 nitrogen and oxygen atoms in total. The molecule has 0 unspecified atom stereocenters. The van der Waals surface area contributed by atoms with Gasteiger partial charge < -0.3 is 33.2 Å². The first-order valence-electron chi connectivity index (χ1n) is 12.8. The molecule has 2 saturated carbocycles. The Morgan fingerprint density at radius 2 is 1.52 bits per heavy atom. The van der Waals surface area contributed by atoms with Crippen molar-refractivity contribution in [3.63, 3.8) is 0 Å². The first-order valence-corrected chi connectivity index (χ1v) is 12.8. The van der Waals surface area contributed by atoms with Crippen molar-refractivity contribution in [1.82, 2.24) is 0 Å². The molecular formula is C26H36O7. The lowest BCUT2D eigenvalue weighted by Gasteiger charge is -2.35. The highest BCUT2D eigenvalue weighted by atomic mass is 16.9. The first-order chi connectivity index (χ1) is 16.2. The Morgan fingerprint density at radius 3 is 2.21 bits per heavy atom. The number of ether oxygens (including phenoxy) is 7. The van der Waals surface area contributed by atoms with Crippen molar-refractivity contribution < 1.29 is 33.2 Å². The van der Waals surface area contributed by atoms with E-state index in [2.05, 4.69) is 0 Å². The van der Waals surface area contributed by atoms with E-state index in [4.69, 9.17) is 33.2 Å². The Bertz CT molecular complexity index is 799. The van der Waals surface area contributed by atoms with Crippen molar-refractivity contribution in [1.29, 1.82) is 0 Å². The molecule has 3 aliphatic heterocycles. The molecule has 182 valence electrons. The second kappa shape index (κ2) is 9.10. The zero-order chi connectivity index (χ0) is 22.3. The average Bonchev–Trinajstić information content (AvgIpc) is 3.50. The zero-order valence-corrected chi connectivity index (χ0v) is 19.5. The number of hydrogen-bond acceptors (Lipinski definition) is 7. The predicted molar refractivity (Wildman–Crippen MR) is 119 cm³/mol. The Morgan fingerprint density at radius 1 is 0.818 bits per heavy atom. The standard InChI is InChI=1S/C26H36O7/c1-27-19-10-8-18(9-11-19)16-28-22-21(20-17-29-25(31-20)12-4-2-5-13-25)30-24-23(22)32-26(33-24)14-6-3-7-15-26/h8-11,20-24H,2-7,12-17H2,1H3/t20-,21+,22-,23+,24+/m0/s1. The third-order valence-electron chi connectivity index (χ3n) is 7.96. The molecule has 6 rings (SSSR count). The second-order valence-electron chi connectivity index (χ2n) is 10.2. The molecule has 3 saturated heterocycles. The van der Waals surface area contributed by atoms with Gasteiger partial charge in [0, 0.05) is 25.7 Å². The van der Waals surface area contributed by atoms with Crippen LogP contribution in [0, 0.1) is 0 Å². The van der Waals surface area contributed by atoms with Gasteiger partial charge in [-0.15, -0.1) is 0 Å². The van der Waals surface area contributed by atoms with Crippen LogP contribution in [0.1, 0.15) is 69.8 Å². The molecule has 5 atom stereocenters. The molecule has 7 heteroatoms. The number of fused-ring (bicyclic) bond motifs is 1. The van der Waals surface area contributed by atoms with Gasteiger partial charge >= 0.3 is 0 Å². The van der Waals surface area contributed by atoms with Gasteiger partial charge in [0.25, 0.3) is 0 Å². The molecule has 5 fully saturated rings. The van der Waals surface area contributed by atoms with Crippen LogP contribution in [0.5, 0.6) is 5.75 Å². The van der Waals surface area contributed by atoms with E-state index >= 15 is 0 Å². The summed E-state index contributed by atoms with van der Waals surface area (Å²) in [5, 5.41) is 0. The van der Waals surface area contributed by atoms with Crippen molar-refractivity contribution in [2.24, 2.45) is 0 Å². The SMILES string of the molecule is COc1ccc(CO[C@@H]2[C@H]3OC4(CCCCC4)O[C@H]3O[C@@H]2[C@@H]2COC3(CCCCC3)O2)cc1. The molecule has 0 aromatic heterocycles. The predicted octanol–water partition coefficient (Wildman–Crippen LogP) is 4.46. The smallest absolute Gasteiger partial charge is 0.190 e. The molecule has 0 bridgehead atoms. The Kier molecular flexibility index (Phi) is 6.14. The summed E-state index contributed by atoms with van der Waals surface area (Å²) in [5.74, 6) is -0.128. The fourth-order valence-electron chi connectivity index (χ4n) is 6.18. The maximum Gasteiger partial charge on any atom is 0.190 e. The molecule has 1 aromatic carbocycles. The third kappa shape index (κ3) is 4.32. The minimum atomic E-state index is -0.516.